The van der Waals surface area contributed by atoms with E-state index < -0.39 is 29.0 Å². The molecule has 0 unspecified atom stereocenters. The van der Waals surface area contributed by atoms with Crippen LogP contribution in [0, 0.1) is 17.5 Å². The van der Waals surface area contributed by atoms with Gasteiger partial charge in [0.2, 0.25) is 5.91 Å². The molecular weight excluding hydrogens is 405 g/mol. The van der Waals surface area contributed by atoms with E-state index in [9.17, 15) is 18.0 Å². The number of nitrogens with zero attached hydrogens (tertiary/aromatic N) is 1. The number of anilines is 1. The van der Waals surface area contributed by atoms with Gasteiger partial charge in [-0.1, -0.05) is 60.7 Å². The fourth-order valence-corrected chi connectivity index (χ4v) is 3.10. The summed E-state index contributed by atoms with van der Waals surface area (Å²) in [5.41, 5.74) is 1.93. The Balaban J connectivity index is 1.53. The highest BCUT2D eigenvalue weighted by Crippen LogP contribution is 2.33. The summed E-state index contributed by atoms with van der Waals surface area (Å²) < 4.78 is 46.1. The highest BCUT2D eigenvalue weighted by Gasteiger charge is 2.19. The third kappa shape index (κ3) is 4.50. The zero-order valence-electron chi connectivity index (χ0n) is 16.2. The zero-order chi connectivity index (χ0) is 21.8. The molecule has 1 N–H and O–H groups in total. The number of hydrogen-bond acceptors (Lipinski definition) is 3. The van der Waals surface area contributed by atoms with Crippen LogP contribution in [0.5, 0.6) is 0 Å². The molecule has 156 valence electrons. The molecule has 0 aliphatic carbocycles. The molecule has 4 rings (SSSR count). The van der Waals surface area contributed by atoms with Gasteiger partial charge in [-0.15, -0.1) is 0 Å². The van der Waals surface area contributed by atoms with Crippen LogP contribution in [0.3, 0.4) is 0 Å². The number of rotatable bonds is 6. The summed E-state index contributed by atoms with van der Waals surface area (Å²) in [6.45, 7) is 0. The van der Waals surface area contributed by atoms with E-state index in [4.69, 9.17) is 4.42 Å². The second-order valence-corrected chi connectivity index (χ2v) is 6.79. The second-order valence-electron chi connectivity index (χ2n) is 6.79. The van der Waals surface area contributed by atoms with Crippen molar-refractivity contribution in [2.24, 2.45) is 0 Å². The molecule has 0 saturated carbocycles. The minimum absolute atomic E-state index is 0.0819. The lowest BCUT2D eigenvalue weighted by Crippen LogP contribution is -2.14. The van der Waals surface area contributed by atoms with Gasteiger partial charge >= 0.3 is 0 Å². The molecular formula is C24H17F3N2O2. The average molecular weight is 422 g/mol. The summed E-state index contributed by atoms with van der Waals surface area (Å²) in [6.07, 6.45) is 0.0607. The van der Waals surface area contributed by atoms with Crippen LogP contribution in [-0.4, -0.2) is 10.9 Å². The first-order valence-electron chi connectivity index (χ1n) is 9.57. The third-order valence-electron chi connectivity index (χ3n) is 4.63. The van der Waals surface area contributed by atoms with E-state index in [0.29, 0.717) is 17.3 Å². The maximum atomic E-state index is 13.8. The Morgan fingerprint density at radius 3 is 2.16 bits per heavy atom. The Kier molecular flexibility index (Phi) is 5.84. The number of carbonyl (C=O) groups excluding carboxylic acids is 1. The highest BCUT2D eigenvalue weighted by molar-refractivity contribution is 5.91. The minimum Gasteiger partial charge on any atom is -0.440 e. The fraction of sp³-hybridized carbons (Fsp3) is 0.0833. The molecule has 0 spiro atoms. The Morgan fingerprint density at radius 1 is 0.839 bits per heavy atom. The van der Waals surface area contributed by atoms with Gasteiger partial charge in [-0.05, 0) is 12.1 Å². The van der Waals surface area contributed by atoms with E-state index >= 15 is 0 Å². The number of nitrogens with one attached hydrogen (secondary N) is 1. The predicted octanol–water partition coefficient (Wildman–Crippen LogP) is 6.00. The van der Waals surface area contributed by atoms with Crippen molar-refractivity contribution >= 4 is 11.6 Å². The first-order chi connectivity index (χ1) is 15.0. The van der Waals surface area contributed by atoms with E-state index in [-0.39, 0.29) is 12.8 Å². The summed E-state index contributed by atoms with van der Waals surface area (Å²) in [5, 5.41) is 2.24. The number of amides is 1. The van der Waals surface area contributed by atoms with Gasteiger partial charge in [0.1, 0.15) is 5.69 Å². The smallest absolute Gasteiger partial charge is 0.224 e. The van der Waals surface area contributed by atoms with E-state index in [1.807, 2.05) is 60.7 Å². The van der Waals surface area contributed by atoms with Crippen molar-refractivity contribution < 1.29 is 22.4 Å². The van der Waals surface area contributed by atoms with Crippen LogP contribution >= 0.6 is 0 Å². The molecule has 0 aliphatic heterocycles. The van der Waals surface area contributed by atoms with Crippen molar-refractivity contribution in [2.45, 2.75) is 12.8 Å². The molecule has 0 radical (unpaired) electrons. The lowest BCUT2D eigenvalue weighted by Gasteiger charge is -2.06. The predicted molar refractivity (Wildman–Crippen MR) is 111 cm³/mol. The second kappa shape index (κ2) is 8.87. The lowest BCUT2D eigenvalue weighted by molar-refractivity contribution is -0.116. The molecule has 0 aliphatic rings. The van der Waals surface area contributed by atoms with Gasteiger partial charge < -0.3 is 9.73 Å². The maximum absolute atomic E-state index is 13.8. The molecule has 7 heteroatoms. The van der Waals surface area contributed by atoms with Crippen LogP contribution in [0.1, 0.15) is 12.3 Å². The minimum atomic E-state index is -1.63. The normalized spacial score (nSPS) is 10.8. The average Bonchev–Trinajstić information content (AvgIpc) is 3.24. The molecule has 1 amide bonds. The first-order valence-corrected chi connectivity index (χ1v) is 9.57. The van der Waals surface area contributed by atoms with Gasteiger partial charge in [0.05, 0.1) is 5.69 Å². The topological polar surface area (TPSA) is 55.1 Å². The van der Waals surface area contributed by atoms with Gasteiger partial charge in [-0.25, -0.2) is 18.2 Å². The Morgan fingerprint density at radius 2 is 1.48 bits per heavy atom. The van der Waals surface area contributed by atoms with Crippen molar-refractivity contribution in [3.8, 4) is 22.6 Å². The SMILES string of the molecule is O=C(CCc1nc(-c2ccccc2)c(-c2ccccc2)o1)Nc1ccc(F)c(F)c1F. The largest absolute Gasteiger partial charge is 0.440 e. The molecule has 1 aromatic heterocycles. The van der Waals surface area contributed by atoms with Crippen LogP contribution in [0.2, 0.25) is 0 Å². The van der Waals surface area contributed by atoms with Crippen molar-refractivity contribution in [1.29, 1.82) is 0 Å². The number of aryl methyl sites for hydroxylation is 1. The number of carbonyl (C=O) groups is 1. The molecule has 1 heterocycles. The molecule has 4 nitrogen and oxygen atoms in total. The van der Waals surface area contributed by atoms with Gasteiger partial charge in [-0.2, -0.15) is 0 Å². The van der Waals surface area contributed by atoms with Crippen LogP contribution in [-0.2, 0) is 11.2 Å². The van der Waals surface area contributed by atoms with E-state index in [2.05, 4.69) is 10.3 Å². The van der Waals surface area contributed by atoms with Crippen LogP contribution in [0.4, 0.5) is 18.9 Å². The molecule has 0 saturated heterocycles. The summed E-state index contributed by atoms with van der Waals surface area (Å²) >= 11 is 0. The van der Waals surface area contributed by atoms with Crippen molar-refractivity contribution in [3.63, 3.8) is 0 Å². The maximum Gasteiger partial charge on any atom is 0.224 e. The van der Waals surface area contributed by atoms with E-state index in [1.54, 1.807) is 0 Å². The quantitative estimate of drug-likeness (QED) is 0.388. The molecule has 4 aromatic rings. The van der Waals surface area contributed by atoms with Gasteiger partial charge in [0.15, 0.2) is 29.1 Å². The van der Waals surface area contributed by atoms with E-state index in [1.165, 1.54) is 0 Å². The molecule has 0 atom stereocenters. The van der Waals surface area contributed by atoms with Gasteiger partial charge in [0, 0.05) is 24.0 Å². The first kappa shape index (κ1) is 20.4. The number of hydrogen-bond donors (Lipinski definition) is 1. The van der Waals surface area contributed by atoms with Gasteiger partial charge in [0.25, 0.3) is 0 Å². The standard InChI is InChI=1S/C24H17F3N2O2/c25-17-11-12-18(22(27)21(17)26)28-19(30)13-14-20-29-23(15-7-3-1-4-8-15)24(31-20)16-9-5-2-6-10-16/h1-12H,13-14H2,(H,28,30). The summed E-state index contributed by atoms with van der Waals surface area (Å²) in [4.78, 5) is 16.8. The summed E-state index contributed by atoms with van der Waals surface area (Å²) in [5.74, 6) is -4.07. The van der Waals surface area contributed by atoms with Crippen LogP contribution in [0.25, 0.3) is 22.6 Å². The number of oxazole rings is 1. The van der Waals surface area contributed by atoms with Crippen molar-refractivity contribution in [1.82, 2.24) is 4.98 Å². The fourth-order valence-electron chi connectivity index (χ4n) is 3.10. The Labute approximate surface area is 176 Å². The highest BCUT2D eigenvalue weighted by atomic mass is 19.2. The number of halogens is 3. The summed E-state index contributed by atoms with van der Waals surface area (Å²) in [6, 6.07) is 20.7. The van der Waals surface area contributed by atoms with Crippen molar-refractivity contribution in [2.75, 3.05) is 5.32 Å². The van der Waals surface area contributed by atoms with Gasteiger partial charge in [-0.3, -0.25) is 4.79 Å². The number of benzene rings is 3. The number of aromatic nitrogens is 1. The Bertz CT molecular complexity index is 1150. The molecule has 0 bridgehead atoms. The molecule has 31 heavy (non-hydrogen) atoms. The third-order valence-corrected chi connectivity index (χ3v) is 4.63. The van der Waals surface area contributed by atoms with E-state index in [0.717, 1.165) is 23.3 Å². The molecule has 0 fully saturated rings. The zero-order valence-corrected chi connectivity index (χ0v) is 16.2. The van der Waals surface area contributed by atoms with Crippen molar-refractivity contribution in [3.05, 3.63) is 96.1 Å². The molecule has 3 aromatic carbocycles. The van der Waals surface area contributed by atoms with Crippen LogP contribution in [0.15, 0.2) is 77.2 Å². The Hall–Kier alpha value is -3.87. The lowest BCUT2D eigenvalue weighted by atomic mass is 10.1. The van der Waals surface area contributed by atoms with Crippen LogP contribution < -0.4 is 5.32 Å². The summed E-state index contributed by atoms with van der Waals surface area (Å²) in [7, 11) is 0. The monoisotopic (exact) mass is 422 g/mol.